The van der Waals surface area contributed by atoms with Crippen LogP contribution < -0.4 is 15.4 Å². The third kappa shape index (κ3) is 5.08. The van der Waals surface area contributed by atoms with Gasteiger partial charge in [0.2, 0.25) is 0 Å². The van der Waals surface area contributed by atoms with Gasteiger partial charge in [0, 0.05) is 11.8 Å². The second-order valence-corrected chi connectivity index (χ2v) is 8.80. The summed E-state index contributed by atoms with van der Waals surface area (Å²) in [5.74, 6) is 0.666. The van der Waals surface area contributed by atoms with Crippen LogP contribution in [-0.2, 0) is 4.79 Å². The number of anilines is 3. The van der Waals surface area contributed by atoms with Crippen LogP contribution >= 0.6 is 0 Å². The number of nitrogens with zero attached hydrogens (tertiary/aromatic N) is 3. The molecule has 3 rings (SSSR count). The van der Waals surface area contributed by atoms with E-state index < -0.39 is 0 Å². The Balaban J connectivity index is 2.06. The molecule has 0 amide bonds. The lowest BCUT2D eigenvalue weighted by Gasteiger charge is -2.23. The van der Waals surface area contributed by atoms with Gasteiger partial charge >= 0.3 is 0 Å². The zero-order chi connectivity index (χ0) is 22.8. The fourth-order valence-corrected chi connectivity index (χ4v) is 3.18. The Morgan fingerprint density at radius 1 is 1.13 bits per heavy atom. The molecule has 3 N–H and O–H groups in total. The molecule has 0 spiro atoms. The van der Waals surface area contributed by atoms with Gasteiger partial charge in [-0.05, 0) is 44.0 Å². The molecule has 0 unspecified atom stereocenters. The maximum Gasteiger partial charge on any atom is 0.258 e. The lowest BCUT2D eigenvalue weighted by atomic mass is 10.1. The predicted octanol–water partition coefficient (Wildman–Crippen LogP) is 3.40. The molecule has 0 bridgehead atoms. The van der Waals surface area contributed by atoms with Crippen LogP contribution in [0, 0.1) is 20.8 Å². The maximum absolute atomic E-state index is 10.9. The standard InChI is InChI=1S/C23H31N5O3/c1-15-7-8-20-22(23(26-27(20)17(15)3)31-12-10-28(4,5)6)25-19-13-16(2)21(30)14-18(19)24-9-11-29/h7-8,11,13-14,24-25H,9-10,12H2,1-6H3/p+1. The highest BCUT2D eigenvalue weighted by molar-refractivity contribution is 5.87. The van der Waals surface area contributed by atoms with Gasteiger partial charge in [-0.3, -0.25) is 0 Å². The molecule has 2 heterocycles. The van der Waals surface area contributed by atoms with E-state index in [0.717, 1.165) is 51.0 Å². The monoisotopic (exact) mass is 426 g/mol. The Hall–Kier alpha value is -3.26. The lowest BCUT2D eigenvalue weighted by Crippen LogP contribution is -2.38. The molecule has 0 aliphatic carbocycles. The molecule has 0 saturated carbocycles. The molecule has 0 atom stereocenters. The summed E-state index contributed by atoms with van der Waals surface area (Å²) in [6.45, 7) is 7.38. The highest BCUT2D eigenvalue weighted by Gasteiger charge is 2.19. The number of ether oxygens (including phenoxy) is 1. The van der Waals surface area contributed by atoms with E-state index in [9.17, 15) is 9.90 Å². The van der Waals surface area contributed by atoms with Crippen molar-refractivity contribution >= 4 is 28.9 Å². The van der Waals surface area contributed by atoms with Gasteiger partial charge in [0.1, 0.15) is 30.9 Å². The van der Waals surface area contributed by atoms with Crippen molar-refractivity contribution < 1.29 is 19.1 Å². The molecular formula is C23H32N5O3+. The number of hydrogen-bond donors (Lipinski definition) is 3. The van der Waals surface area contributed by atoms with E-state index in [-0.39, 0.29) is 12.3 Å². The van der Waals surface area contributed by atoms with E-state index in [1.165, 1.54) is 0 Å². The van der Waals surface area contributed by atoms with Gasteiger partial charge in [-0.2, -0.15) is 0 Å². The van der Waals surface area contributed by atoms with Crippen molar-refractivity contribution in [3.8, 4) is 11.6 Å². The zero-order valence-electron chi connectivity index (χ0n) is 19.1. The summed E-state index contributed by atoms with van der Waals surface area (Å²) in [5, 5.41) is 21.3. The molecule has 0 aliphatic rings. The second-order valence-electron chi connectivity index (χ2n) is 8.80. The molecular weight excluding hydrogens is 394 g/mol. The first-order valence-corrected chi connectivity index (χ1v) is 10.3. The predicted molar refractivity (Wildman–Crippen MR) is 124 cm³/mol. The molecule has 31 heavy (non-hydrogen) atoms. The van der Waals surface area contributed by atoms with Crippen molar-refractivity contribution in [2.24, 2.45) is 0 Å². The fraction of sp³-hybridized carbons (Fsp3) is 0.391. The maximum atomic E-state index is 10.9. The smallest absolute Gasteiger partial charge is 0.258 e. The van der Waals surface area contributed by atoms with Crippen molar-refractivity contribution in [1.29, 1.82) is 0 Å². The van der Waals surface area contributed by atoms with E-state index in [1.54, 1.807) is 6.07 Å². The number of aromatic hydroxyl groups is 1. The number of phenolic OH excluding ortho intramolecular Hbond substituents is 1. The summed E-state index contributed by atoms with van der Waals surface area (Å²) < 4.78 is 8.77. The van der Waals surface area contributed by atoms with E-state index in [4.69, 9.17) is 9.84 Å². The molecule has 1 aromatic carbocycles. The second kappa shape index (κ2) is 8.85. The summed E-state index contributed by atoms with van der Waals surface area (Å²) in [5.41, 5.74) is 5.85. The van der Waals surface area contributed by atoms with Crippen molar-refractivity contribution in [3.63, 3.8) is 0 Å². The number of quaternary nitrogens is 1. The largest absolute Gasteiger partial charge is 0.508 e. The van der Waals surface area contributed by atoms with Crippen LogP contribution in [0.2, 0.25) is 0 Å². The fourth-order valence-electron chi connectivity index (χ4n) is 3.18. The van der Waals surface area contributed by atoms with Crippen LogP contribution in [0.25, 0.3) is 5.52 Å². The van der Waals surface area contributed by atoms with Gasteiger partial charge in [-0.25, -0.2) is 4.52 Å². The Labute approximate surface area is 183 Å². The van der Waals surface area contributed by atoms with Gasteiger partial charge in [0.05, 0.1) is 44.6 Å². The normalized spacial score (nSPS) is 11.5. The minimum atomic E-state index is 0.136. The Bertz CT molecular complexity index is 1100. The molecule has 0 aliphatic heterocycles. The van der Waals surface area contributed by atoms with Gasteiger partial charge in [-0.1, -0.05) is 6.07 Å². The Kier molecular flexibility index (Phi) is 6.40. The number of fused-ring (bicyclic) bond motifs is 1. The number of phenols is 1. The average molecular weight is 427 g/mol. The highest BCUT2D eigenvalue weighted by Crippen LogP contribution is 2.37. The third-order valence-electron chi connectivity index (χ3n) is 5.24. The number of benzene rings is 1. The van der Waals surface area contributed by atoms with Crippen LogP contribution in [0.15, 0.2) is 24.3 Å². The first-order valence-electron chi connectivity index (χ1n) is 10.3. The molecule has 0 radical (unpaired) electrons. The summed E-state index contributed by atoms with van der Waals surface area (Å²) >= 11 is 0. The van der Waals surface area contributed by atoms with E-state index in [0.29, 0.717) is 18.2 Å². The number of carbonyl (C=O) groups excluding carboxylic acids is 1. The first kappa shape index (κ1) is 22.4. The Morgan fingerprint density at radius 3 is 2.55 bits per heavy atom. The molecule has 3 aromatic rings. The van der Waals surface area contributed by atoms with Crippen LogP contribution in [0.3, 0.4) is 0 Å². The number of hydrogen-bond acceptors (Lipinski definition) is 6. The number of nitrogens with one attached hydrogen (secondary N) is 2. The number of carbonyl (C=O) groups is 1. The van der Waals surface area contributed by atoms with Crippen LogP contribution in [-0.4, -0.2) is 66.3 Å². The zero-order valence-corrected chi connectivity index (χ0v) is 19.1. The van der Waals surface area contributed by atoms with Gasteiger partial charge in [-0.15, -0.1) is 5.10 Å². The minimum Gasteiger partial charge on any atom is -0.508 e. The van der Waals surface area contributed by atoms with E-state index in [2.05, 4.69) is 37.8 Å². The van der Waals surface area contributed by atoms with Gasteiger partial charge in [0.15, 0.2) is 0 Å². The number of aryl methyl sites for hydroxylation is 3. The van der Waals surface area contributed by atoms with E-state index in [1.807, 2.05) is 37.4 Å². The van der Waals surface area contributed by atoms with Crippen molar-refractivity contribution in [2.45, 2.75) is 20.8 Å². The quantitative estimate of drug-likeness (QED) is 0.276. The average Bonchev–Trinajstić information content (AvgIpc) is 3.03. The minimum absolute atomic E-state index is 0.136. The topological polar surface area (TPSA) is 87.9 Å². The van der Waals surface area contributed by atoms with Crippen molar-refractivity contribution in [2.75, 3.05) is 51.5 Å². The number of rotatable bonds is 9. The van der Waals surface area contributed by atoms with Gasteiger partial charge in [0.25, 0.3) is 5.88 Å². The summed E-state index contributed by atoms with van der Waals surface area (Å²) in [4.78, 5) is 10.9. The van der Waals surface area contributed by atoms with E-state index >= 15 is 0 Å². The molecule has 166 valence electrons. The van der Waals surface area contributed by atoms with Crippen LogP contribution in [0.1, 0.15) is 16.8 Å². The van der Waals surface area contributed by atoms with Crippen LogP contribution in [0.4, 0.5) is 17.1 Å². The molecule has 8 nitrogen and oxygen atoms in total. The number of aldehydes is 1. The third-order valence-corrected chi connectivity index (χ3v) is 5.24. The molecule has 0 fully saturated rings. The number of likely N-dealkylation sites (N-methyl/N-ethyl adjacent to an activating group) is 1. The van der Waals surface area contributed by atoms with Gasteiger partial charge < -0.3 is 29.8 Å². The van der Waals surface area contributed by atoms with Crippen molar-refractivity contribution in [3.05, 3.63) is 41.1 Å². The Morgan fingerprint density at radius 2 is 1.87 bits per heavy atom. The molecule has 0 saturated heterocycles. The number of pyridine rings is 1. The SMILES string of the molecule is Cc1cc(Nc2c(OCC[N+](C)(C)C)nn3c(C)c(C)ccc23)c(NCC=O)cc1O. The van der Waals surface area contributed by atoms with Crippen molar-refractivity contribution in [1.82, 2.24) is 9.61 Å². The highest BCUT2D eigenvalue weighted by atomic mass is 16.5. The summed E-state index contributed by atoms with van der Waals surface area (Å²) in [7, 11) is 6.34. The first-order chi connectivity index (χ1) is 14.6. The lowest BCUT2D eigenvalue weighted by molar-refractivity contribution is -0.870. The summed E-state index contributed by atoms with van der Waals surface area (Å²) in [6, 6.07) is 7.51. The van der Waals surface area contributed by atoms with Crippen LogP contribution in [0.5, 0.6) is 11.6 Å². The number of aromatic nitrogens is 2. The summed E-state index contributed by atoms with van der Waals surface area (Å²) in [6.07, 6.45) is 0.779. The molecule has 2 aromatic heterocycles. The molecule has 8 heteroatoms.